The molecule has 0 bridgehead atoms. The van der Waals surface area contributed by atoms with Gasteiger partial charge in [-0.2, -0.15) is 5.10 Å². The second kappa shape index (κ2) is 7.25. The summed E-state index contributed by atoms with van der Waals surface area (Å²) in [5, 5.41) is 8.24. The zero-order valence-corrected chi connectivity index (χ0v) is 12.8. The minimum atomic E-state index is 0.332. The van der Waals surface area contributed by atoms with Gasteiger partial charge < -0.3 is 5.32 Å². The summed E-state index contributed by atoms with van der Waals surface area (Å²) >= 11 is 0. The van der Waals surface area contributed by atoms with Crippen LogP contribution in [0.4, 0.5) is 0 Å². The third-order valence-corrected chi connectivity index (χ3v) is 3.51. The molecule has 0 radical (unpaired) electrons. The number of nitrogens with zero attached hydrogens (tertiary/aromatic N) is 2. The first-order valence-electron chi connectivity index (χ1n) is 7.56. The zero-order chi connectivity index (χ0) is 14.4. The molecule has 108 valence electrons. The number of hydrogen-bond acceptors (Lipinski definition) is 2. The molecule has 2 rings (SSSR count). The fourth-order valence-corrected chi connectivity index (χ4v) is 2.55. The quantitative estimate of drug-likeness (QED) is 0.835. The minimum absolute atomic E-state index is 0.332. The van der Waals surface area contributed by atoms with E-state index in [0.29, 0.717) is 6.04 Å². The Kier molecular flexibility index (Phi) is 5.36. The molecule has 1 aromatic heterocycles. The van der Waals surface area contributed by atoms with Crippen molar-refractivity contribution in [1.82, 2.24) is 15.1 Å². The second-order valence-electron chi connectivity index (χ2n) is 5.22. The molecule has 3 heteroatoms. The molecule has 0 aliphatic heterocycles. The number of hydrogen-bond donors (Lipinski definition) is 1. The monoisotopic (exact) mass is 271 g/mol. The van der Waals surface area contributed by atoms with Crippen LogP contribution in [0.25, 0.3) is 0 Å². The lowest BCUT2D eigenvalue weighted by molar-refractivity contribution is 0.478. The number of rotatable bonds is 7. The van der Waals surface area contributed by atoms with Crippen LogP contribution < -0.4 is 5.32 Å². The van der Waals surface area contributed by atoms with Crippen molar-refractivity contribution >= 4 is 0 Å². The van der Waals surface area contributed by atoms with E-state index in [1.165, 1.54) is 11.3 Å². The zero-order valence-electron chi connectivity index (χ0n) is 12.8. The number of nitrogens with one attached hydrogen (secondary N) is 1. The van der Waals surface area contributed by atoms with Gasteiger partial charge >= 0.3 is 0 Å². The van der Waals surface area contributed by atoms with Crippen LogP contribution in [0, 0.1) is 6.92 Å². The Morgan fingerprint density at radius 1 is 1.20 bits per heavy atom. The summed E-state index contributed by atoms with van der Waals surface area (Å²) in [5.41, 5.74) is 3.75. The molecule has 1 unspecified atom stereocenters. The number of benzene rings is 1. The maximum atomic E-state index is 4.58. The summed E-state index contributed by atoms with van der Waals surface area (Å²) in [7, 11) is 0. The smallest absolute Gasteiger partial charge is 0.0597 e. The van der Waals surface area contributed by atoms with Gasteiger partial charge in [0.1, 0.15) is 0 Å². The predicted molar refractivity (Wildman–Crippen MR) is 83.8 cm³/mol. The van der Waals surface area contributed by atoms with E-state index in [-0.39, 0.29) is 0 Å². The van der Waals surface area contributed by atoms with Gasteiger partial charge in [-0.05, 0) is 44.9 Å². The Morgan fingerprint density at radius 3 is 2.60 bits per heavy atom. The van der Waals surface area contributed by atoms with Gasteiger partial charge in [0.05, 0.1) is 17.4 Å². The molecule has 20 heavy (non-hydrogen) atoms. The lowest BCUT2D eigenvalue weighted by Gasteiger charge is -2.19. The van der Waals surface area contributed by atoms with Crippen LogP contribution in [-0.4, -0.2) is 16.3 Å². The number of aryl methyl sites for hydroxylation is 2. The summed E-state index contributed by atoms with van der Waals surface area (Å²) < 4.78 is 2.12. The van der Waals surface area contributed by atoms with E-state index in [9.17, 15) is 0 Å². The van der Waals surface area contributed by atoms with Crippen LogP contribution in [0.3, 0.4) is 0 Å². The van der Waals surface area contributed by atoms with Crippen LogP contribution in [0.1, 0.15) is 43.3 Å². The van der Waals surface area contributed by atoms with Crippen LogP contribution in [0.15, 0.2) is 36.4 Å². The average Bonchev–Trinajstić information content (AvgIpc) is 2.85. The molecule has 0 amide bonds. The molecular formula is C17H25N3. The maximum absolute atomic E-state index is 4.58. The first-order chi connectivity index (χ1) is 9.74. The first kappa shape index (κ1) is 14.8. The van der Waals surface area contributed by atoms with E-state index in [1.54, 1.807) is 0 Å². The van der Waals surface area contributed by atoms with Gasteiger partial charge in [0.25, 0.3) is 0 Å². The predicted octanol–water partition coefficient (Wildman–Crippen LogP) is 3.49. The van der Waals surface area contributed by atoms with Crippen LogP contribution >= 0.6 is 0 Å². The van der Waals surface area contributed by atoms with Gasteiger partial charge in [0.15, 0.2) is 0 Å². The van der Waals surface area contributed by atoms with Crippen molar-refractivity contribution in [3.8, 4) is 0 Å². The van der Waals surface area contributed by atoms with Crippen LogP contribution in [-0.2, 0) is 13.0 Å². The van der Waals surface area contributed by atoms with E-state index >= 15 is 0 Å². The van der Waals surface area contributed by atoms with E-state index in [1.807, 2.05) is 0 Å². The Bertz CT molecular complexity index is 516. The van der Waals surface area contributed by atoms with E-state index < -0.39 is 0 Å². The molecular weight excluding hydrogens is 246 g/mol. The Labute approximate surface area is 122 Å². The molecule has 0 aliphatic rings. The third kappa shape index (κ3) is 3.70. The largest absolute Gasteiger partial charge is 0.308 e. The van der Waals surface area contributed by atoms with Crippen molar-refractivity contribution in [3.63, 3.8) is 0 Å². The standard InChI is InChI=1S/C17H25N3/c1-4-11-18-16(13-15-9-7-6-8-10-15)17-12-14(3)19-20(17)5-2/h6-10,12,16,18H,4-5,11,13H2,1-3H3. The van der Waals surface area contributed by atoms with E-state index in [0.717, 1.165) is 31.6 Å². The highest BCUT2D eigenvalue weighted by molar-refractivity contribution is 5.21. The molecule has 0 saturated heterocycles. The molecule has 0 spiro atoms. The molecule has 0 fully saturated rings. The Hall–Kier alpha value is -1.61. The van der Waals surface area contributed by atoms with Gasteiger partial charge in [0.2, 0.25) is 0 Å². The molecule has 1 N–H and O–H groups in total. The van der Waals surface area contributed by atoms with Crippen molar-refractivity contribution in [3.05, 3.63) is 53.3 Å². The lowest BCUT2D eigenvalue weighted by atomic mass is 10.0. The minimum Gasteiger partial charge on any atom is -0.308 e. The number of aromatic nitrogens is 2. The normalized spacial score (nSPS) is 12.6. The van der Waals surface area contributed by atoms with E-state index in [4.69, 9.17) is 0 Å². The highest BCUT2D eigenvalue weighted by Gasteiger charge is 2.16. The molecule has 1 heterocycles. The summed E-state index contributed by atoms with van der Waals surface area (Å²) in [4.78, 5) is 0. The van der Waals surface area contributed by atoms with Gasteiger partial charge in [-0.25, -0.2) is 0 Å². The fourth-order valence-electron chi connectivity index (χ4n) is 2.55. The Morgan fingerprint density at radius 2 is 1.95 bits per heavy atom. The topological polar surface area (TPSA) is 29.9 Å². The van der Waals surface area contributed by atoms with Crippen LogP contribution in [0.5, 0.6) is 0 Å². The fraction of sp³-hybridized carbons (Fsp3) is 0.471. The van der Waals surface area contributed by atoms with Gasteiger partial charge in [0, 0.05) is 6.54 Å². The van der Waals surface area contributed by atoms with Gasteiger partial charge in [-0.15, -0.1) is 0 Å². The lowest BCUT2D eigenvalue weighted by Crippen LogP contribution is -2.26. The molecule has 2 aromatic rings. The van der Waals surface area contributed by atoms with Crippen molar-refractivity contribution in [2.24, 2.45) is 0 Å². The molecule has 1 aromatic carbocycles. The highest BCUT2D eigenvalue weighted by atomic mass is 15.3. The molecule has 0 aliphatic carbocycles. The summed E-state index contributed by atoms with van der Waals surface area (Å²) in [6.07, 6.45) is 2.15. The second-order valence-corrected chi connectivity index (χ2v) is 5.22. The maximum Gasteiger partial charge on any atom is 0.0597 e. The van der Waals surface area contributed by atoms with Crippen molar-refractivity contribution < 1.29 is 0 Å². The van der Waals surface area contributed by atoms with E-state index in [2.05, 4.69) is 72.3 Å². The van der Waals surface area contributed by atoms with Gasteiger partial charge in [-0.1, -0.05) is 37.3 Å². The highest BCUT2D eigenvalue weighted by Crippen LogP contribution is 2.20. The van der Waals surface area contributed by atoms with Crippen molar-refractivity contribution in [1.29, 1.82) is 0 Å². The van der Waals surface area contributed by atoms with Crippen LogP contribution in [0.2, 0.25) is 0 Å². The Balaban J connectivity index is 2.22. The molecule has 0 saturated carbocycles. The molecule has 3 nitrogen and oxygen atoms in total. The molecule has 1 atom stereocenters. The summed E-state index contributed by atoms with van der Waals surface area (Å²) in [6.45, 7) is 8.37. The SMILES string of the molecule is CCCNC(Cc1ccccc1)c1cc(C)nn1CC. The summed E-state index contributed by atoms with van der Waals surface area (Å²) in [5.74, 6) is 0. The van der Waals surface area contributed by atoms with Crippen molar-refractivity contribution in [2.45, 2.75) is 46.2 Å². The van der Waals surface area contributed by atoms with Gasteiger partial charge in [-0.3, -0.25) is 4.68 Å². The third-order valence-electron chi connectivity index (χ3n) is 3.51. The average molecular weight is 271 g/mol. The van der Waals surface area contributed by atoms with Crippen molar-refractivity contribution in [2.75, 3.05) is 6.54 Å². The summed E-state index contributed by atoms with van der Waals surface area (Å²) in [6, 6.07) is 13.2. The first-order valence-corrected chi connectivity index (χ1v) is 7.56.